The molecule has 19 heavy (non-hydrogen) atoms. The zero-order valence-electron chi connectivity index (χ0n) is 11.2. The predicted octanol–water partition coefficient (Wildman–Crippen LogP) is 1.82. The van der Waals surface area contributed by atoms with Crippen LogP contribution in [0.3, 0.4) is 0 Å². The number of nitrogens with zero attached hydrogens (tertiary/aromatic N) is 1. The smallest absolute Gasteiger partial charge is 0.231 e. The van der Waals surface area contributed by atoms with E-state index >= 15 is 0 Å². The molecule has 1 atom stereocenters. The van der Waals surface area contributed by atoms with E-state index in [0.717, 1.165) is 32.4 Å². The van der Waals surface area contributed by atoms with Crippen molar-refractivity contribution in [1.82, 2.24) is 5.32 Å². The monoisotopic (exact) mass is 256 g/mol. The van der Waals surface area contributed by atoms with Crippen molar-refractivity contribution in [3.8, 4) is 0 Å². The predicted molar refractivity (Wildman–Crippen MR) is 75.5 cm³/mol. The van der Waals surface area contributed by atoms with Crippen LogP contribution in [0.4, 0.5) is 5.69 Å². The Hall–Kier alpha value is -1.35. The maximum absolute atomic E-state index is 12.0. The molecular formula is C16H20N2O. The second-order valence-electron chi connectivity index (χ2n) is 6.09. The number of carbonyl (C=O) groups excluding carboxylic acids is 1. The van der Waals surface area contributed by atoms with Crippen LogP contribution >= 0.6 is 0 Å². The highest BCUT2D eigenvalue weighted by molar-refractivity contribution is 6.02. The summed E-state index contributed by atoms with van der Waals surface area (Å²) in [4.78, 5) is 14.0. The minimum atomic E-state index is 0.298. The van der Waals surface area contributed by atoms with Crippen LogP contribution in [-0.4, -0.2) is 25.0 Å². The van der Waals surface area contributed by atoms with E-state index in [1.165, 1.54) is 35.2 Å². The van der Waals surface area contributed by atoms with Gasteiger partial charge in [-0.3, -0.25) is 4.79 Å². The first-order valence-electron chi connectivity index (χ1n) is 7.50. The van der Waals surface area contributed by atoms with Crippen molar-refractivity contribution in [2.24, 2.45) is 0 Å². The summed E-state index contributed by atoms with van der Waals surface area (Å²) in [7, 11) is 0. The molecule has 1 fully saturated rings. The molecule has 0 aliphatic carbocycles. The highest BCUT2D eigenvalue weighted by Crippen LogP contribution is 2.37. The largest absolute Gasteiger partial charge is 0.314 e. The summed E-state index contributed by atoms with van der Waals surface area (Å²) >= 11 is 0. The molecule has 0 spiro atoms. The number of nitrogens with one attached hydrogen (secondary N) is 1. The number of anilines is 1. The minimum absolute atomic E-state index is 0.298. The number of carbonyl (C=O) groups is 1. The number of rotatable bonds is 2. The third-order valence-electron chi connectivity index (χ3n) is 4.71. The van der Waals surface area contributed by atoms with Crippen molar-refractivity contribution >= 4 is 11.6 Å². The van der Waals surface area contributed by atoms with Crippen LogP contribution < -0.4 is 10.2 Å². The lowest BCUT2D eigenvalue weighted by molar-refractivity contribution is -0.117. The van der Waals surface area contributed by atoms with Crippen LogP contribution in [0, 0.1) is 0 Å². The van der Waals surface area contributed by atoms with E-state index in [-0.39, 0.29) is 0 Å². The molecular weight excluding hydrogens is 236 g/mol. The lowest BCUT2D eigenvalue weighted by Crippen LogP contribution is -2.31. The fraction of sp³-hybridized carbons (Fsp3) is 0.562. The molecule has 0 bridgehead atoms. The van der Waals surface area contributed by atoms with E-state index in [1.807, 2.05) is 4.90 Å². The van der Waals surface area contributed by atoms with Gasteiger partial charge in [-0.05, 0) is 55.3 Å². The zero-order chi connectivity index (χ0) is 12.8. The molecule has 1 aromatic rings. The molecule has 1 aromatic carbocycles. The first kappa shape index (κ1) is 11.5. The standard InChI is InChI=1S/C16H20N2O/c19-15-10-13-8-11(9-14-4-1-5-17-14)7-12-3-2-6-18(15)16(12)13/h7-8,14,17H,1-6,9-10H2. The molecule has 1 saturated heterocycles. The van der Waals surface area contributed by atoms with Crippen molar-refractivity contribution in [2.75, 3.05) is 18.0 Å². The molecule has 1 amide bonds. The van der Waals surface area contributed by atoms with Gasteiger partial charge >= 0.3 is 0 Å². The molecule has 1 unspecified atom stereocenters. The quantitative estimate of drug-likeness (QED) is 0.875. The van der Waals surface area contributed by atoms with E-state index < -0.39 is 0 Å². The minimum Gasteiger partial charge on any atom is -0.314 e. The van der Waals surface area contributed by atoms with Crippen molar-refractivity contribution in [2.45, 2.75) is 44.6 Å². The van der Waals surface area contributed by atoms with Gasteiger partial charge in [0, 0.05) is 12.6 Å². The van der Waals surface area contributed by atoms with Gasteiger partial charge in [-0.1, -0.05) is 12.1 Å². The molecule has 3 aliphatic heterocycles. The van der Waals surface area contributed by atoms with Gasteiger partial charge in [0.05, 0.1) is 12.1 Å². The summed E-state index contributed by atoms with van der Waals surface area (Å²) in [5, 5.41) is 3.56. The second-order valence-corrected chi connectivity index (χ2v) is 6.09. The van der Waals surface area contributed by atoms with Gasteiger partial charge in [-0.15, -0.1) is 0 Å². The highest BCUT2D eigenvalue weighted by atomic mass is 16.2. The van der Waals surface area contributed by atoms with Gasteiger partial charge in [0.15, 0.2) is 0 Å². The van der Waals surface area contributed by atoms with Gasteiger partial charge in [0.25, 0.3) is 0 Å². The summed E-state index contributed by atoms with van der Waals surface area (Å²) in [5.74, 6) is 0.298. The average Bonchev–Trinajstić information content (AvgIpc) is 3.00. The number of hydrogen-bond donors (Lipinski definition) is 1. The molecule has 100 valence electrons. The zero-order valence-corrected chi connectivity index (χ0v) is 11.2. The van der Waals surface area contributed by atoms with Crippen LogP contribution in [0.25, 0.3) is 0 Å². The fourth-order valence-electron chi connectivity index (χ4n) is 3.88. The topological polar surface area (TPSA) is 32.3 Å². The Bertz CT molecular complexity index is 532. The van der Waals surface area contributed by atoms with E-state index in [0.29, 0.717) is 18.4 Å². The highest BCUT2D eigenvalue weighted by Gasteiger charge is 2.32. The molecule has 3 nitrogen and oxygen atoms in total. The molecule has 0 saturated carbocycles. The van der Waals surface area contributed by atoms with Gasteiger partial charge in [0.1, 0.15) is 0 Å². The van der Waals surface area contributed by atoms with Gasteiger partial charge < -0.3 is 10.2 Å². The second kappa shape index (κ2) is 4.34. The summed E-state index contributed by atoms with van der Waals surface area (Å²) in [5.41, 5.74) is 5.35. The van der Waals surface area contributed by atoms with Crippen molar-refractivity contribution in [3.63, 3.8) is 0 Å². The van der Waals surface area contributed by atoms with Crippen LogP contribution in [0.2, 0.25) is 0 Å². The molecule has 0 radical (unpaired) electrons. The lowest BCUT2D eigenvalue weighted by atomic mass is 9.94. The maximum atomic E-state index is 12.0. The summed E-state index contributed by atoms with van der Waals surface area (Å²) in [6.07, 6.45) is 6.58. The maximum Gasteiger partial charge on any atom is 0.231 e. The Labute approximate surface area is 114 Å². The summed E-state index contributed by atoms with van der Waals surface area (Å²) < 4.78 is 0. The third-order valence-corrected chi connectivity index (χ3v) is 4.71. The molecule has 0 aromatic heterocycles. The number of amides is 1. The van der Waals surface area contributed by atoms with Crippen molar-refractivity contribution < 1.29 is 4.79 Å². The van der Waals surface area contributed by atoms with E-state index in [1.54, 1.807) is 0 Å². The van der Waals surface area contributed by atoms with E-state index in [9.17, 15) is 4.79 Å². The van der Waals surface area contributed by atoms with Gasteiger partial charge in [-0.2, -0.15) is 0 Å². The fourth-order valence-corrected chi connectivity index (χ4v) is 3.88. The van der Waals surface area contributed by atoms with Crippen molar-refractivity contribution in [1.29, 1.82) is 0 Å². The average molecular weight is 256 g/mol. The molecule has 3 aliphatic rings. The Balaban J connectivity index is 1.68. The number of aryl methyl sites for hydroxylation is 1. The van der Waals surface area contributed by atoms with Crippen molar-refractivity contribution in [3.05, 3.63) is 28.8 Å². The summed E-state index contributed by atoms with van der Waals surface area (Å²) in [6.45, 7) is 2.08. The Morgan fingerprint density at radius 1 is 1.26 bits per heavy atom. The van der Waals surface area contributed by atoms with E-state index in [4.69, 9.17) is 0 Å². The first-order chi connectivity index (χ1) is 9.31. The lowest BCUT2D eigenvalue weighted by Gasteiger charge is -2.26. The van der Waals surface area contributed by atoms with Crippen LogP contribution in [-0.2, 0) is 24.1 Å². The molecule has 4 rings (SSSR count). The Morgan fingerprint density at radius 2 is 2.16 bits per heavy atom. The van der Waals surface area contributed by atoms with Crippen LogP contribution in [0.5, 0.6) is 0 Å². The SMILES string of the molecule is O=C1Cc2cc(CC3CCCN3)cc3c2N1CCC3. The van der Waals surface area contributed by atoms with Gasteiger partial charge in [-0.25, -0.2) is 0 Å². The Kier molecular flexibility index (Phi) is 2.62. The normalized spacial score (nSPS) is 24.9. The number of hydrogen-bond acceptors (Lipinski definition) is 2. The van der Waals surface area contributed by atoms with E-state index in [2.05, 4.69) is 17.4 Å². The van der Waals surface area contributed by atoms with Crippen LogP contribution in [0.1, 0.15) is 36.0 Å². The molecule has 1 N–H and O–H groups in total. The molecule has 3 heterocycles. The molecule has 3 heteroatoms. The number of benzene rings is 1. The Morgan fingerprint density at radius 3 is 3.00 bits per heavy atom. The first-order valence-corrected chi connectivity index (χ1v) is 7.50. The van der Waals surface area contributed by atoms with Crippen LogP contribution in [0.15, 0.2) is 12.1 Å². The summed E-state index contributed by atoms with van der Waals surface area (Å²) in [6, 6.07) is 5.27. The third kappa shape index (κ3) is 1.88. The van der Waals surface area contributed by atoms with Gasteiger partial charge in [0.2, 0.25) is 5.91 Å².